The molecule has 0 bridgehead atoms. The first-order chi connectivity index (χ1) is 12.7. The van der Waals surface area contributed by atoms with Gasteiger partial charge in [0.1, 0.15) is 18.4 Å². The summed E-state index contributed by atoms with van der Waals surface area (Å²) >= 11 is 0. The molecule has 1 rings (SSSR count). The fraction of sp³-hybridized carbons (Fsp3) is 0.412. The minimum absolute atomic E-state index is 0.0669. The number of rotatable bonds is 11. The number of nitrogens with one attached hydrogen (secondary N) is 1. The lowest BCUT2D eigenvalue weighted by Gasteiger charge is -2.17. The maximum atomic E-state index is 12.8. The highest BCUT2D eigenvalue weighted by atomic mass is 19.1. The van der Waals surface area contributed by atoms with E-state index < -0.39 is 42.8 Å². The molecule has 10 heteroatoms. The van der Waals surface area contributed by atoms with Gasteiger partial charge in [-0.1, -0.05) is 12.1 Å². The van der Waals surface area contributed by atoms with Crippen LogP contribution in [0.5, 0.6) is 0 Å². The second-order valence-corrected chi connectivity index (χ2v) is 5.82. The molecule has 0 aliphatic carbocycles. The molecule has 4 N–H and O–H groups in total. The van der Waals surface area contributed by atoms with Gasteiger partial charge in [0.15, 0.2) is 0 Å². The summed E-state index contributed by atoms with van der Waals surface area (Å²) in [6.45, 7) is -0.772. The number of carbonyl (C=O) groups excluding carboxylic acids is 2. The zero-order valence-corrected chi connectivity index (χ0v) is 14.4. The van der Waals surface area contributed by atoms with Crippen molar-refractivity contribution in [3.8, 4) is 0 Å². The maximum Gasteiger partial charge on any atom is 0.326 e. The first-order valence-electron chi connectivity index (χ1n) is 8.16. The molecule has 9 nitrogen and oxygen atoms in total. The number of benzene rings is 1. The third kappa shape index (κ3) is 8.77. The van der Waals surface area contributed by atoms with Gasteiger partial charge in [0, 0.05) is 12.8 Å². The Bertz CT molecular complexity index is 678. The molecular formula is C17H21FN2O7. The van der Waals surface area contributed by atoms with Crippen LogP contribution in [0.3, 0.4) is 0 Å². The number of aryl methyl sites for hydroxylation is 1. The van der Waals surface area contributed by atoms with Crippen molar-refractivity contribution in [3.63, 3.8) is 0 Å². The van der Waals surface area contributed by atoms with Gasteiger partial charge in [-0.2, -0.15) is 0 Å². The average Bonchev–Trinajstić information content (AvgIpc) is 2.59. The van der Waals surface area contributed by atoms with Gasteiger partial charge in [-0.15, -0.1) is 0 Å². The number of hydrogen-bond acceptors (Lipinski definition) is 5. The van der Waals surface area contributed by atoms with Crippen LogP contribution in [0.1, 0.15) is 31.2 Å². The molecular weight excluding hydrogens is 363 g/mol. The summed E-state index contributed by atoms with van der Waals surface area (Å²) < 4.78 is 12.8. The summed E-state index contributed by atoms with van der Waals surface area (Å²) in [6, 6.07) is 4.31. The Hall–Kier alpha value is -3.01. The highest BCUT2D eigenvalue weighted by Crippen LogP contribution is 2.08. The van der Waals surface area contributed by atoms with Crippen molar-refractivity contribution in [2.45, 2.75) is 38.1 Å². The molecule has 0 spiro atoms. The molecule has 0 heterocycles. The van der Waals surface area contributed by atoms with Gasteiger partial charge >= 0.3 is 11.9 Å². The summed E-state index contributed by atoms with van der Waals surface area (Å²) in [5.74, 6) is -4.66. The normalized spacial score (nSPS) is 11.5. The number of nitrogens with zero attached hydrogens (tertiary/aromatic N) is 1. The summed E-state index contributed by atoms with van der Waals surface area (Å²) in [4.78, 5) is 45.0. The van der Waals surface area contributed by atoms with Gasteiger partial charge in [-0.3, -0.25) is 19.6 Å². The molecule has 0 aliphatic heterocycles. The third-order valence-corrected chi connectivity index (χ3v) is 3.63. The molecule has 0 aromatic heterocycles. The molecule has 1 aromatic carbocycles. The molecule has 0 radical (unpaired) electrons. The van der Waals surface area contributed by atoms with E-state index in [1.54, 1.807) is 12.1 Å². The summed E-state index contributed by atoms with van der Waals surface area (Å²) in [7, 11) is 0. The SMILES string of the molecule is O=C(O)CCC(NC(=O)CN(O)C(=O)CCCc1ccc(F)cc1)C(=O)O. The van der Waals surface area contributed by atoms with Gasteiger partial charge in [0.2, 0.25) is 11.8 Å². The van der Waals surface area contributed by atoms with Gasteiger partial charge in [0.05, 0.1) is 0 Å². The number of carboxylic acids is 2. The van der Waals surface area contributed by atoms with Crippen LogP contribution in [0, 0.1) is 5.82 Å². The molecule has 0 saturated heterocycles. The summed E-state index contributed by atoms with van der Waals surface area (Å²) in [5, 5.41) is 29.4. The lowest BCUT2D eigenvalue weighted by atomic mass is 10.1. The number of amides is 2. The molecule has 1 unspecified atom stereocenters. The van der Waals surface area contributed by atoms with Crippen molar-refractivity contribution in [1.29, 1.82) is 0 Å². The van der Waals surface area contributed by atoms with Crippen molar-refractivity contribution in [1.82, 2.24) is 10.4 Å². The van der Waals surface area contributed by atoms with Crippen LogP contribution >= 0.6 is 0 Å². The summed E-state index contributed by atoms with van der Waals surface area (Å²) in [5.41, 5.74) is 0.814. The highest BCUT2D eigenvalue weighted by Gasteiger charge is 2.23. The second-order valence-electron chi connectivity index (χ2n) is 5.82. The maximum absolute atomic E-state index is 12.8. The molecule has 0 aliphatic rings. The minimum Gasteiger partial charge on any atom is -0.481 e. The van der Waals surface area contributed by atoms with Crippen molar-refractivity contribution in [3.05, 3.63) is 35.6 Å². The quantitative estimate of drug-likeness (QED) is 0.326. The van der Waals surface area contributed by atoms with Gasteiger partial charge in [-0.05, 0) is 37.0 Å². The van der Waals surface area contributed by atoms with Crippen LogP contribution in [0.4, 0.5) is 4.39 Å². The molecule has 148 valence electrons. The number of carboxylic acid groups (broad SMARTS) is 2. The lowest BCUT2D eigenvalue weighted by Crippen LogP contribution is -2.46. The first-order valence-corrected chi connectivity index (χ1v) is 8.16. The van der Waals surface area contributed by atoms with E-state index in [-0.39, 0.29) is 23.7 Å². The molecule has 1 aromatic rings. The Morgan fingerprint density at radius 3 is 2.26 bits per heavy atom. The standard InChI is InChI=1S/C17H21FN2O7/c18-12-6-4-11(5-7-12)2-1-3-15(22)20(27)10-14(21)19-13(17(25)26)8-9-16(23)24/h4-7,13,27H,1-3,8-10H2,(H,19,21)(H,23,24)(H,25,26). The Kier molecular flexibility index (Phi) is 8.86. The average molecular weight is 384 g/mol. The van der Waals surface area contributed by atoms with Crippen molar-refractivity contribution >= 4 is 23.8 Å². The van der Waals surface area contributed by atoms with Crippen LogP contribution < -0.4 is 5.32 Å². The fourth-order valence-electron chi connectivity index (χ4n) is 2.21. The van der Waals surface area contributed by atoms with Crippen molar-refractivity contribution in [2.75, 3.05) is 6.54 Å². The smallest absolute Gasteiger partial charge is 0.326 e. The Morgan fingerprint density at radius 1 is 1.07 bits per heavy atom. The van der Waals surface area contributed by atoms with Crippen molar-refractivity contribution in [2.24, 2.45) is 0 Å². The predicted molar refractivity (Wildman–Crippen MR) is 89.3 cm³/mol. The molecule has 0 fully saturated rings. The van der Waals surface area contributed by atoms with E-state index in [2.05, 4.69) is 5.32 Å². The highest BCUT2D eigenvalue weighted by molar-refractivity contribution is 5.87. The van der Waals surface area contributed by atoms with E-state index in [9.17, 15) is 28.8 Å². The Balaban J connectivity index is 2.39. The predicted octanol–water partition coefficient (Wildman–Crippen LogP) is 0.800. The Morgan fingerprint density at radius 2 is 1.70 bits per heavy atom. The molecule has 2 amide bonds. The third-order valence-electron chi connectivity index (χ3n) is 3.63. The zero-order chi connectivity index (χ0) is 20.4. The second kappa shape index (κ2) is 10.9. The zero-order valence-electron chi connectivity index (χ0n) is 14.4. The number of carbonyl (C=O) groups is 4. The molecule has 27 heavy (non-hydrogen) atoms. The van der Waals surface area contributed by atoms with E-state index in [4.69, 9.17) is 10.2 Å². The number of halogens is 1. The van der Waals surface area contributed by atoms with E-state index in [0.717, 1.165) is 5.56 Å². The molecule has 1 atom stereocenters. The van der Waals surface area contributed by atoms with Gasteiger partial charge in [-0.25, -0.2) is 14.2 Å². The topological polar surface area (TPSA) is 144 Å². The number of hydrogen-bond donors (Lipinski definition) is 4. The summed E-state index contributed by atoms with van der Waals surface area (Å²) in [6.07, 6.45) is -0.0137. The van der Waals surface area contributed by atoms with Crippen LogP contribution in [-0.4, -0.2) is 56.8 Å². The molecule has 0 saturated carbocycles. The van der Waals surface area contributed by atoms with Crippen LogP contribution in [-0.2, 0) is 25.6 Å². The van der Waals surface area contributed by atoms with Crippen LogP contribution in [0.15, 0.2) is 24.3 Å². The van der Waals surface area contributed by atoms with Gasteiger partial charge < -0.3 is 15.5 Å². The number of aliphatic carboxylic acids is 2. The van der Waals surface area contributed by atoms with Crippen LogP contribution in [0.25, 0.3) is 0 Å². The van der Waals surface area contributed by atoms with E-state index in [1.807, 2.05) is 0 Å². The first kappa shape index (κ1) is 22.0. The Labute approximate surface area is 154 Å². The van der Waals surface area contributed by atoms with Crippen molar-refractivity contribution < 1.29 is 39.0 Å². The lowest BCUT2D eigenvalue weighted by molar-refractivity contribution is -0.169. The monoisotopic (exact) mass is 384 g/mol. The van der Waals surface area contributed by atoms with E-state index in [0.29, 0.717) is 12.8 Å². The van der Waals surface area contributed by atoms with E-state index >= 15 is 0 Å². The minimum atomic E-state index is -1.43. The fourth-order valence-corrected chi connectivity index (χ4v) is 2.21. The van der Waals surface area contributed by atoms with Gasteiger partial charge in [0.25, 0.3) is 0 Å². The largest absolute Gasteiger partial charge is 0.481 e. The number of hydroxylamine groups is 2. The van der Waals surface area contributed by atoms with Crippen LogP contribution in [0.2, 0.25) is 0 Å². The van der Waals surface area contributed by atoms with E-state index in [1.165, 1.54) is 12.1 Å².